The van der Waals surface area contributed by atoms with Crippen LogP contribution in [0, 0.1) is 5.92 Å². The van der Waals surface area contributed by atoms with E-state index in [0.29, 0.717) is 17.6 Å². The van der Waals surface area contributed by atoms with Gasteiger partial charge in [-0.3, -0.25) is 4.79 Å². The van der Waals surface area contributed by atoms with Crippen molar-refractivity contribution in [2.24, 2.45) is 5.92 Å². The van der Waals surface area contributed by atoms with E-state index in [4.69, 9.17) is 4.74 Å². The smallest absolute Gasteiger partial charge is 0.230 e. The minimum atomic E-state index is -0.0379. The van der Waals surface area contributed by atoms with E-state index in [1.807, 2.05) is 6.92 Å². The molecule has 28 heavy (non-hydrogen) atoms. The highest BCUT2D eigenvalue weighted by Crippen LogP contribution is 2.19. The van der Waals surface area contributed by atoms with Gasteiger partial charge in [-0.15, -0.1) is 5.10 Å². The predicted molar refractivity (Wildman–Crippen MR) is 109 cm³/mol. The number of tetrazole rings is 1. The summed E-state index contributed by atoms with van der Waals surface area (Å²) in [5, 5.41) is 15.5. The van der Waals surface area contributed by atoms with Crippen LogP contribution < -0.4 is 5.32 Å². The van der Waals surface area contributed by atoms with Crippen LogP contribution in [0.25, 0.3) is 0 Å². The molecule has 152 valence electrons. The zero-order chi connectivity index (χ0) is 19.9. The lowest BCUT2D eigenvalue weighted by atomic mass is 10.00. The van der Waals surface area contributed by atoms with Gasteiger partial charge in [-0.05, 0) is 53.7 Å². The van der Waals surface area contributed by atoms with Crippen molar-refractivity contribution in [3.63, 3.8) is 0 Å². The number of carbonyl (C=O) groups is 1. The van der Waals surface area contributed by atoms with Crippen LogP contribution in [0.1, 0.15) is 50.8 Å². The van der Waals surface area contributed by atoms with Crippen LogP contribution in [0.5, 0.6) is 0 Å². The molecule has 1 aliphatic rings. The summed E-state index contributed by atoms with van der Waals surface area (Å²) >= 11 is 1.35. The lowest BCUT2D eigenvalue weighted by molar-refractivity contribution is -0.119. The average Bonchev–Trinajstić information content (AvgIpc) is 3.32. The number of thioether (sulfide) groups is 1. The Labute approximate surface area is 170 Å². The first-order chi connectivity index (χ1) is 13.5. The molecule has 0 saturated carbocycles. The van der Waals surface area contributed by atoms with E-state index in [1.165, 1.54) is 17.3 Å². The molecule has 1 saturated heterocycles. The summed E-state index contributed by atoms with van der Waals surface area (Å²) in [5.74, 6) is 0.883. The lowest BCUT2D eigenvalue weighted by Gasteiger charge is -2.15. The van der Waals surface area contributed by atoms with E-state index in [1.54, 1.807) is 4.68 Å². The monoisotopic (exact) mass is 403 g/mol. The third-order valence-electron chi connectivity index (χ3n) is 4.73. The minimum Gasteiger partial charge on any atom is -0.376 e. The van der Waals surface area contributed by atoms with Crippen LogP contribution in [0.4, 0.5) is 0 Å². The van der Waals surface area contributed by atoms with Gasteiger partial charge < -0.3 is 10.1 Å². The van der Waals surface area contributed by atoms with E-state index in [2.05, 4.69) is 59.0 Å². The van der Waals surface area contributed by atoms with Crippen LogP contribution in [0.3, 0.4) is 0 Å². The number of hydrogen-bond donors (Lipinski definition) is 1. The second-order valence-electron chi connectivity index (χ2n) is 7.70. The van der Waals surface area contributed by atoms with Gasteiger partial charge in [-0.2, -0.15) is 0 Å². The fourth-order valence-electron chi connectivity index (χ4n) is 3.31. The van der Waals surface area contributed by atoms with Gasteiger partial charge in [-0.1, -0.05) is 49.9 Å². The number of amides is 1. The molecule has 0 radical (unpaired) electrons. The second-order valence-corrected chi connectivity index (χ2v) is 8.64. The predicted octanol–water partition coefficient (Wildman–Crippen LogP) is 3.02. The Kier molecular flexibility index (Phi) is 7.44. The van der Waals surface area contributed by atoms with Gasteiger partial charge in [0.2, 0.25) is 11.1 Å². The molecule has 2 aromatic rings. The summed E-state index contributed by atoms with van der Waals surface area (Å²) in [4.78, 5) is 12.4. The van der Waals surface area contributed by atoms with Gasteiger partial charge in [-0.25, -0.2) is 4.68 Å². The highest BCUT2D eigenvalue weighted by molar-refractivity contribution is 7.99. The van der Waals surface area contributed by atoms with Crippen molar-refractivity contribution in [1.29, 1.82) is 0 Å². The van der Waals surface area contributed by atoms with E-state index < -0.39 is 0 Å². The van der Waals surface area contributed by atoms with Gasteiger partial charge in [0.05, 0.1) is 24.4 Å². The Balaban J connectivity index is 1.47. The SMILES string of the molecule is CC(C)Cc1ccc(C(C)NC(=O)CSc2nnnn2CC2CCCO2)cc1. The summed E-state index contributed by atoms with van der Waals surface area (Å²) in [6, 6.07) is 8.44. The molecule has 7 nitrogen and oxygen atoms in total. The highest BCUT2D eigenvalue weighted by atomic mass is 32.2. The number of benzene rings is 1. The van der Waals surface area contributed by atoms with Crippen LogP contribution in [-0.4, -0.2) is 44.6 Å². The van der Waals surface area contributed by atoms with Crippen molar-refractivity contribution in [2.45, 2.75) is 63.9 Å². The molecular formula is C20H29N5O2S. The maximum atomic E-state index is 12.4. The summed E-state index contributed by atoms with van der Waals surface area (Å²) < 4.78 is 7.36. The first-order valence-electron chi connectivity index (χ1n) is 9.90. The minimum absolute atomic E-state index is 0.0320. The maximum Gasteiger partial charge on any atom is 0.230 e. The van der Waals surface area contributed by atoms with Gasteiger partial charge in [0.1, 0.15) is 0 Å². The quantitative estimate of drug-likeness (QED) is 0.648. The lowest BCUT2D eigenvalue weighted by Crippen LogP contribution is -2.28. The molecule has 1 aliphatic heterocycles. The molecule has 0 bridgehead atoms. The van der Waals surface area contributed by atoms with Crippen LogP contribution in [0.15, 0.2) is 29.4 Å². The van der Waals surface area contributed by atoms with E-state index in [-0.39, 0.29) is 23.8 Å². The molecule has 2 atom stereocenters. The average molecular weight is 404 g/mol. The van der Waals surface area contributed by atoms with Gasteiger partial charge in [0, 0.05) is 6.61 Å². The Morgan fingerprint density at radius 3 is 2.79 bits per heavy atom. The van der Waals surface area contributed by atoms with Crippen LogP contribution in [-0.2, 0) is 22.5 Å². The number of aromatic nitrogens is 4. The Hall–Kier alpha value is -1.93. The van der Waals surface area contributed by atoms with E-state index >= 15 is 0 Å². The van der Waals surface area contributed by atoms with Crippen molar-refractivity contribution >= 4 is 17.7 Å². The fraction of sp³-hybridized carbons (Fsp3) is 0.600. The summed E-state index contributed by atoms with van der Waals surface area (Å²) in [6.07, 6.45) is 3.33. The topological polar surface area (TPSA) is 81.9 Å². The first-order valence-corrected chi connectivity index (χ1v) is 10.9. The number of nitrogens with zero attached hydrogens (tertiary/aromatic N) is 4. The van der Waals surface area contributed by atoms with Crippen molar-refractivity contribution < 1.29 is 9.53 Å². The van der Waals surface area contributed by atoms with E-state index in [0.717, 1.165) is 31.4 Å². The molecule has 1 aromatic heterocycles. The number of ether oxygens (including phenoxy) is 1. The third-order valence-corrected chi connectivity index (χ3v) is 5.69. The molecule has 1 N–H and O–H groups in total. The maximum absolute atomic E-state index is 12.4. The van der Waals surface area contributed by atoms with Gasteiger partial charge >= 0.3 is 0 Å². The van der Waals surface area contributed by atoms with Gasteiger partial charge in [0.25, 0.3) is 0 Å². The summed E-state index contributed by atoms with van der Waals surface area (Å²) in [5.41, 5.74) is 2.43. The van der Waals surface area contributed by atoms with E-state index in [9.17, 15) is 4.79 Å². The molecule has 1 fully saturated rings. The molecular weight excluding hydrogens is 374 g/mol. The Bertz CT molecular complexity index is 756. The number of nitrogens with one attached hydrogen (secondary N) is 1. The van der Waals surface area contributed by atoms with Gasteiger partial charge in [0.15, 0.2) is 0 Å². The largest absolute Gasteiger partial charge is 0.376 e. The molecule has 2 heterocycles. The molecule has 8 heteroatoms. The van der Waals surface area contributed by atoms with Crippen LogP contribution in [0.2, 0.25) is 0 Å². The zero-order valence-electron chi connectivity index (χ0n) is 16.8. The number of rotatable bonds is 9. The molecule has 0 aliphatic carbocycles. The van der Waals surface area contributed by atoms with Crippen molar-refractivity contribution in [3.8, 4) is 0 Å². The summed E-state index contributed by atoms with van der Waals surface area (Å²) in [6.45, 7) is 7.86. The third kappa shape index (κ3) is 6.04. The van der Waals surface area contributed by atoms with Crippen molar-refractivity contribution in [1.82, 2.24) is 25.5 Å². The molecule has 0 spiro atoms. The Morgan fingerprint density at radius 2 is 2.11 bits per heavy atom. The van der Waals surface area contributed by atoms with Crippen molar-refractivity contribution in [3.05, 3.63) is 35.4 Å². The number of carbonyl (C=O) groups excluding carboxylic acids is 1. The second kappa shape index (κ2) is 10.0. The first kappa shape index (κ1) is 20.8. The fourth-order valence-corrected chi connectivity index (χ4v) is 4.00. The molecule has 3 rings (SSSR count). The number of hydrogen-bond acceptors (Lipinski definition) is 6. The molecule has 1 amide bonds. The molecule has 1 aromatic carbocycles. The van der Waals surface area contributed by atoms with Crippen LogP contribution >= 0.6 is 11.8 Å². The zero-order valence-corrected chi connectivity index (χ0v) is 17.6. The summed E-state index contributed by atoms with van der Waals surface area (Å²) in [7, 11) is 0. The van der Waals surface area contributed by atoms with Crippen molar-refractivity contribution in [2.75, 3.05) is 12.4 Å². The molecule has 2 unspecified atom stereocenters. The Morgan fingerprint density at radius 1 is 1.32 bits per heavy atom. The highest BCUT2D eigenvalue weighted by Gasteiger charge is 2.19. The standard InChI is InChI=1S/C20H29N5O2S/c1-14(2)11-16-6-8-17(9-7-16)15(3)21-19(26)13-28-20-22-23-24-25(20)12-18-5-4-10-27-18/h6-9,14-15,18H,4-5,10-13H2,1-3H3,(H,21,26). The normalized spacial score (nSPS) is 17.8.